The van der Waals surface area contributed by atoms with Gasteiger partial charge in [0.05, 0.1) is 4.92 Å². The summed E-state index contributed by atoms with van der Waals surface area (Å²) in [6.45, 7) is 6.82. The number of rotatable bonds is 4. The molecule has 0 aromatic heterocycles. The molecule has 0 saturated heterocycles. The number of benzene rings is 2. The fourth-order valence-electron chi connectivity index (χ4n) is 2.15. The summed E-state index contributed by atoms with van der Waals surface area (Å²) in [6, 6.07) is 7.46. The highest BCUT2D eigenvalue weighted by atomic mass is 32.2. The van der Waals surface area contributed by atoms with E-state index in [-0.39, 0.29) is 16.3 Å². The minimum atomic E-state index is -4.17. The SMILES string of the molecule is Cc1cccc(OS(=O)(=O)c2cc([N+](=O)[O-])cc(C)c2C)c1C. The maximum Gasteiger partial charge on any atom is 0.339 e. The standard InChI is InChI=1S/C16H17NO5S/c1-10-6-5-7-15(12(10)3)22-23(20,21)16-9-14(17(18)19)8-11(2)13(16)4/h5-9H,1-4H3. The lowest BCUT2D eigenvalue weighted by atomic mass is 10.1. The molecule has 0 aliphatic heterocycles. The van der Waals surface area contributed by atoms with Crippen molar-refractivity contribution in [2.75, 3.05) is 0 Å². The van der Waals surface area contributed by atoms with Crippen LogP contribution in [0, 0.1) is 37.8 Å². The number of nitro groups is 1. The van der Waals surface area contributed by atoms with Gasteiger partial charge in [-0.15, -0.1) is 0 Å². The summed E-state index contributed by atoms with van der Waals surface area (Å²) in [5.41, 5.74) is 2.26. The minimum absolute atomic E-state index is 0.190. The van der Waals surface area contributed by atoms with Crippen molar-refractivity contribution in [2.24, 2.45) is 0 Å². The van der Waals surface area contributed by atoms with Crippen LogP contribution in [0.3, 0.4) is 0 Å². The Labute approximate surface area is 135 Å². The molecule has 0 bridgehead atoms. The lowest BCUT2D eigenvalue weighted by Crippen LogP contribution is -2.13. The number of hydrogen-bond acceptors (Lipinski definition) is 5. The molecule has 0 fully saturated rings. The third-order valence-electron chi connectivity index (χ3n) is 3.84. The zero-order chi connectivity index (χ0) is 17.4. The van der Waals surface area contributed by atoms with Crippen molar-refractivity contribution in [3.8, 4) is 5.75 Å². The molecule has 0 spiro atoms. The second-order valence-corrected chi connectivity index (χ2v) is 6.89. The normalized spacial score (nSPS) is 11.3. The second kappa shape index (κ2) is 6.00. The summed E-state index contributed by atoms with van der Waals surface area (Å²) in [7, 11) is -4.17. The van der Waals surface area contributed by atoms with Crippen LogP contribution >= 0.6 is 0 Å². The van der Waals surface area contributed by atoms with Crippen LogP contribution < -0.4 is 4.18 Å². The second-order valence-electron chi connectivity index (χ2n) is 5.38. The fourth-order valence-corrected chi connectivity index (χ4v) is 3.46. The number of hydrogen-bond donors (Lipinski definition) is 0. The topological polar surface area (TPSA) is 86.5 Å². The fraction of sp³-hybridized carbons (Fsp3) is 0.250. The Balaban J connectivity index is 2.56. The van der Waals surface area contributed by atoms with Crippen LogP contribution in [-0.4, -0.2) is 13.3 Å². The average molecular weight is 335 g/mol. The monoisotopic (exact) mass is 335 g/mol. The largest absolute Gasteiger partial charge is 0.379 e. The van der Waals surface area contributed by atoms with Crippen LogP contribution in [0.15, 0.2) is 35.2 Å². The van der Waals surface area contributed by atoms with Crippen LogP contribution in [0.2, 0.25) is 0 Å². The maximum atomic E-state index is 12.6. The van der Waals surface area contributed by atoms with Gasteiger partial charge in [0.15, 0.2) is 0 Å². The number of nitro benzene ring substituents is 1. The highest BCUT2D eigenvalue weighted by Crippen LogP contribution is 2.29. The molecule has 122 valence electrons. The van der Waals surface area contributed by atoms with Gasteiger partial charge < -0.3 is 4.18 Å². The molecule has 0 radical (unpaired) electrons. The molecule has 6 nitrogen and oxygen atoms in total. The van der Waals surface area contributed by atoms with E-state index in [1.807, 2.05) is 13.0 Å². The molecule has 0 atom stereocenters. The van der Waals surface area contributed by atoms with Crippen LogP contribution in [0.25, 0.3) is 0 Å². The number of aryl methyl sites for hydroxylation is 2. The molecule has 0 heterocycles. The molecular weight excluding hydrogens is 318 g/mol. The molecule has 0 amide bonds. The predicted octanol–water partition coefficient (Wildman–Crippen LogP) is 3.60. The zero-order valence-corrected chi connectivity index (χ0v) is 14.1. The van der Waals surface area contributed by atoms with Crippen molar-refractivity contribution < 1.29 is 17.5 Å². The summed E-state index contributed by atoms with van der Waals surface area (Å²) in [4.78, 5) is 10.2. The van der Waals surface area contributed by atoms with Gasteiger partial charge in [-0.1, -0.05) is 12.1 Å². The van der Waals surface area contributed by atoms with Crippen molar-refractivity contribution >= 4 is 15.8 Å². The van der Waals surface area contributed by atoms with E-state index >= 15 is 0 Å². The Bertz CT molecular complexity index is 888. The van der Waals surface area contributed by atoms with Crippen molar-refractivity contribution in [3.05, 3.63) is 62.7 Å². The van der Waals surface area contributed by atoms with Gasteiger partial charge in [0.2, 0.25) is 0 Å². The van der Waals surface area contributed by atoms with E-state index in [1.54, 1.807) is 32.9 Å². The molecule has 7 heteroatoms. The maximum absolute atomic E-state index is 12.6. The van der Waals surface area contributed by atoms with E-state index in [4.69, 9.17) is 4.18 Å². The van der Waals surface area contributed by atoms with Gasteiger partial charge >= 0.3 is 10.1 Å². The van der Waals surface area contributed by atoms with Crippen LogP contribution in [0.1, 0.15) is 22.3 Å². The Morgan fingerprint density at radius 1 is 1.00 bits per heavy atom. The van der Waals surface area contributed by atoms with E-state index in [9.17, 15) is 18.5 Å². The summed E-state index contributed by atoms with van der Waals surface area (Å²) in [5.74, 6) is 0.216. The quantitative estimate of drug-likeness (QED) is 0.484. The molecule has 0 unspecified atom stereocenters. The van der Waals surface area contributed by atoms with Crippen molar-refractivity contribution in [1.29, 1.82) is 0 Å². The van der Waals surface area contributed by atoms with Crippen molar-refractivity contribution in [2.45, 2.75) is 32.6 Å². The molecule has 0 aliphatic rings. The molecule has 2 aromatic rings. The smallest absolute Gasteiger partial charge is 0.339 e. The molecule has 2 aromatic carbocycles. The summed E-state index contributed by atoms with van der Waals surface area (Å²) in [5, 5.41) is 11.0. The highest BCUT2D eigenvalue weighted by Gasteiger charge is 2.25. The summed E-state index contributed by atoms with van der Waals surface area (Å²) < 4.78 is 30.4. The van der Waals surface area contributed by atoms with Gasteiger partial charge in [-0.05, 0) is 56.0 Å². The first-order chi connectivity index (χ1) is 10.6. The highest BCUT2D eigenvalue weighted by molar-refractivity contribution is 7.87. The van der Waals surface area contributed by atoms with E-state index in [0.717, 1.165) is 11.6 Å². The summed E-state index contributed by atoms with van der Waals surface area (Å²) >= 11 is 0. The van der Waals surface area contributed by atoms with Crippen molar-refractivity contribution in [3.63, 3.8) is 0 Å². The van der Waals surface area contributed by atoms with Crippen molar-refractivity contribution in [1.82, 2.24) is 0 Å². The van der Waals surface area contributed by atoms with Gasteiger partial charge in [-0.3, -0.25) is 10.1 Å². The molecule has 0 N–H and O–H groups in total. The minimum Gasteiger partial charge on any atom is -0.379 e. The van der Waals surface area contributed by atoms with E-state index in [1.165, 1.54) is 6.07 Å². The summed E-state index contributed by atoms with van der Waals surface area (Å²) in [6.07, 6.45) is 0. The molecule has 0 saturated carbocycles. The van der Waals surface area contributed by atoms with E-state index < -0.39 is 15.0 Å². The van der Waals surface area contributed by atoms with Gasteiger partial charge in [-0.2, -0.15) is 8.42 Å². The van der Waals surface area contributed by atoms with E-state index in [2.05, 4.69) is 0 Å². The molecule has 0 aliphatic carbocycles. The third kappa shape index (κ3) is 3.34. The van der Waals surface area contributed by atoms with Crippen LogP contribution in [-0.2, 0) is 10.1 Å². The average Bonchev–Trinajstić information content (AvgIpc) is 2.46. The molecule has 23 heavy (non-hydrogen) atoms. The number of nitrogens with zero attached hydrogens (tertiary/aromatic N) is 1. The van der Waals surface area contributed by atoms with Gasteiger partial charge in [0, 0.05) is 12.1 Å². The lowest BCUT2D eigenvalue weighted by Gasteiger charge is -2.13. The lowest BCUT2D eigenvalue weighted by molar-refractivity contribution is -0.385. The third-order valence-corrected chi connectivity index (χ3v) is 5.20. The van der Waals surface area contributed by atoms with Gasteiger partial charge in [-0.25, -0.2) is 0 Å². The van der Waals surface area contributed by atoms with Crippen LogP contribution in [0.5, 0.6) is 5.75 Å². The van der Waals surface area contributed by atoms with E-state index in [0.29, 0.717) is 16.7 Å². The molecule has 2 rings (SSSR count). The zero-order valence-electron chi connectivity index (χ0n) is 13.3. The van der Waals surface area contributed by atoms with Gasteiger partial charge in [0.25, 0.3) is 5.69 Å². The Morgan fingerprint density at radius 2 is 1.65 bits per heavy atom. The first-order valence-corrected chi connectivity index (χ1v) is 8.30. The Morgan fingerprint density at radius 3 is 2.26 bits per heavy atom. The first-order valence-electron chi connectivity index (χ1n) is 6.90. The molecular formula is C16H17NO5S. The predicted molar refractivity (Wildman–Crippen MR) is 86.3 cm³/mol. The number of non-ortho nitro benzene ring substituents is 1. The van der Waals surface area contributed by atoms with Crippen LogP contribution in [0.4, 0.5) is 5.69 Å². The van der Waals surface area contributed by atoms with Gasteiger partial charge in [0.1, 0.15) is 10.6 Å². The first kappa shape index (κ1) is 17.0. The Hall–Kier alpha value is -2.41. The Kier molecular flexibility index (Phi) is 4.42.